The maximum Gasteiger partial charge on any atom is 0.328 e. The number of ether oxygens (including phenoxy) is 1. The number of methoxy groups -OCH3 is 1. The highest BCUT2D eigenvalue weighted by Crippen LogP contribution is 2.11. The molecule has 0 aliphatic heterocycles. The summed E-state index contributed by atoms with van der Waals surface area (Å²) < 4.78 is 4.69. The molecule has 7 nitrogen and oxygen atoms in total. The molecule has 1 unspecified atom stereocenters. The summed E-state index contributed by atoms with van der Waals surface area (Å²) in [4.78, 5) is 42.8. The summed E-state index contributed by atoms with van der Waals surface area (Å²) in [6.45, 7) is 3.66. The lowest BCUT2D eigenvalue weighted by molar-refractivity contribution is -0.146. The zero-order chi connectivity index (χ0) is 18.4. The maximum atomic E-state index is 12.0. The van der Waals surface area contributed by atoms with Gasteiger partial charge in [-0.1, -0.05) is 26.0 Å². The standard InChI is InChI=1S/C17H21N3O4S/c1-10(2)15(17(23)24-3)20-14(21)9-25-8-13-18-12-7-5-4-6-11(12)16(22)19-13/h4-7,10,15H,8-9H2,1-3H3,(H,20,21)(H,18,19,22). The largest absolute Gasteiger partial charge is 0.467 e. The first-order valence-corrected chi connectivity index (χ1v) is 9.00. The van der Waals surface area contributed by atoms with E-state index in [1.165, 1.54) is 18.9 Å². The van der Waals surface area contributed by atoms with Crippen molar-refractivity contribution in [2.24, 2.45) is 5.92 Å². The van der Waals surface area contributed by atoms with E-state index in [0.717, 1.165) is 0 Å². The van der Waals surface area contributed by atoms with Crippen LogP contribution < -0.4 is 10.9 Å². The number of aromatic nitrogens is 2. The molecule has 1 heterocycles. The Morgan fingerprint density at radius 2 is 2.04 bits per heavy atom. The average molecular weight is 363 g/mol. The first-order valence-electron chi connectivity index (χ1n) is 7.85. The van der Waals surface area contributed by atoms with Gasteiger partial charge in [0.2, 0.25) is 5.91 Å². The average Bonchev–Trinajstić information content (AvgIpc) is 2.59. The highest BCUT2D eigenvalue weighted by molar-refractivity contribution is 7.99. The molecule has 1 aromatic heterocycles. The van der Waals surface area contributed by atoms with Crippen LogP contribution in [0, 0.1) is 5.92 Å². The maximum absolute atomic E-state index is 12.0. The van der Waals surface area contributed by atoms with E-state index in [1.54, 1.807) is 18.2 Å². The summed E-state index contributed by atoms with van der Waals surface area (Å²) in [5.41, 5.74) is 0.424. The van der Waals surface area contributed by atoms with Crippen LogP contribution in [0.2, 0.25) is 0 Å². The zero-order valence-corrected chi connectivity index (χ0v) is 15.2. The second-order valence-corrected chi connectivity index (χ2v) is 6.82. The molecule has 1 atom stereocenters. The molecular formula is C17H21N3O4S. The van der Waals surface area contributed by atoms with Gasteiger partial charge in [-0.3, -0.25) is 9.59 Å². The molecule has 8 heteroatoms. The van der Waals surface area contributed by atoms with Gasteiger partial charge in [-0.15, -0.1) is 11.8 Å². The molecule has 0 spiro atoms. The number of nitrogens with one attached hydrogen (secondary N) is 2. The van der Waals surface area contributed by atoms with Crippen LogP contribution in [-0.4, -0.2) is 40.7 Å². The molecule has 25 heavy (non-hydrogen) atoms. The number of esters is 1. The lowest BCUT2D eigenvalue weighted by Gasteiger charge is -2.19. The van der Waals surface area contributed by atoms with Gasteiger partial charge in [-0.05, 0) is 18.1 Å². The third kappa shape index (κ3) is 5.06. The number of amides is 1. The lowest BCUT2D eigenvalue weighted by atomic mass is 10.1. The van der Waals surface area contributed by atoms with Gasteiger partial charge in [0.15, 0.2) is 0 Å². The summed E-state index contributed by atoms with van der Waals surface area (Å²) >= 11 is 1.31. The SMILES string of the molecule is COC(=O)C(NC(=O)CSCc1nc2ccccc2c(=O)[nH]1)C(C)C. The number of para-hydroxylation sites is 1. The van der Waals surface area contributed by atoms with Gasteiger partial charge in [-0.2, -0.15) is 0 Å². The van der Waals surface area contributed by atoms with E-state index in [1.807, 2.05) is 19.9 Å². The van der Waals surface area contributed by atoms with Crippen LogP contribution in [0.5, 0.6) is 0 Å². The molecule has 2 N–H and O–H groups in total. The van der Waals surface area contributed by atoms with Crippen LogP contribution in [0.3, 0.4) is 0 Å². The fraction of sp³-hybridized carbons (Fsp3) is 0.412. The summed E-state index contributed by atoms with van der Waals surface area (Å²) in [5, 5.41) is 3.20. The Labute approximate surface area is 149 Å². The number of rotatable bonds is 7. The van der Waals surface area contributed by atoms with Gasteiger partial charge in [0, 0.05) is 0 Å². The van der Waals surface area contributed by atoms with Crippen LogP contribution in [0.25, 0.3) is 10.9 Å². The molecule has 2 aromatic rings. The molecule has 0 saturated carbocycles. The van der Waals surface area contributed by atoms with Gasteiger partial charge >= 0.3 is 5.97 Å². The number of carbonyl (C=O) groups is 2. The molecule has 0 aliphatic carbocycles. The number of thioether (sulfide) groups is 1. The van der Waals surface area contributed by atoms with Crippen molar-refractivity contribution in [3.05, 3.63) is 40.4 Å². The van der Waals surface area contributed by atoms with Crippen molar-refractivity contribution in [3.8, 4) is 0 Å². The molecule has 1 amide bonds. The number of carbonyl (C=O) groups excluding carboxylic acids is 2. The van der Waals surface area contributed by atoms with E-state index in [0.29, 0.717) is 22.5 Å². The number of aromatic amines is 1. The molecule has 1 aromatic carbocycles. The van der Waals surface area contributed by atoms with Gasteiger partial charge in [0.05, 0.1) is 29.5 Å². The van der Waals surface area contributed by atoms with Crippen LogP contribution >= 0.6 is 11.8 Å². The zero-order valence-electron chi connectivity index (χ0n) is 14.4. The fourth-order valence-corrected chi connectivity index (χ4v) is 2.98. The number of benzene rings is 1. The predicted molar refractivity (Wildman–Crippen MR) is 97.3 cm³/mol. The molecule has 2 rings (SSSR count). The third-order valence-electron chi connectivity index (χ3n) is 3.57. The number of nitrogens with zero attached hydrogens (tertiary/aromatic N) is 1. The van der Waals surface area contributed by atoms with Gasteiger partial charge < -0.3 is 15.0 Å². The van der Waals surface area contributed by atoms with E-state index in [-0.39, 0.29) is 23.1 Å². The molecule has 0 aliphatic rings. The van der Waals surface area contributed by atoms with Crippen LogP contribution in [0.15, 0.2) is 29.1 Å². The van der Waals surface area contributed by atoms with Crippen molar-refractivity contribution in [1.82, 2.24) is 15.3 Å². The fourth-order valence-electron chi connectivity index (χ4n) is 2.28. The molecule has 0 bridgehead atoms. The molecule has 0 radical (unpaired) electrons. The minimum Gasteiger partial charge on any atom is -0.467 e. The normalized spacial score (nSPS) is 12.2. The Hall–Kier alpha value is -2.35. The van der Waals surface area contributed by atoms with Crippen LogP contribution in [-0.2, 0) is 20.1 Å². The molecular weight excluding hydrogens is 342 g/mol. The predicted octanol–water partition coefficient (Wildman–Crippen LogP) is 1.47. The smallest absolute Gasteiger partial charge is 0.328 e. The summed E-state index contributed by atoms with van der Waals surface area (Å²) in [5.74, 6) is 0.246. The van der Waals surface area contributed by atoms with E-state index in [2.05, 4.69) is 15.3 Å². The number of fused-ring (bicyclic) bond motifs is 1. The van der Waals surface area contributed by atoms with Crippen molar-refractivity contribution in [2.75, 3.05) is 12.9 Å². The van der Waals surface area contributed by atoms with Crippen molar-refractivity contribution < 1.29 is 14.3 Å². The Morgan fingerprint density at radius 1 is 1.32 bits per heavy atom. The van der Waals surface area contributed by atoms with Crippen molar-refractivity contribution >= 4 is 34.5 Å². The Kier molecular flexibility index (Phi) is 6.58. The van der Waals surface area contributed by atoms with E-state index in [9.17, 15) is 14.4 Å². The number of H-pyrrole nitrogens is 1. The van der Waals surface area contributed by atoms with Crippen LogP contribution in [0.1, 0.15) is 19.7 Å². The highest BCUT2D eigenvalue weighted by Gasteiger charge is 2.24. The quantitative estimate of drug-likeness (QED) is 0.723. The van der Waals surface area contributed by atoms with Crippen LogP contribution in [0.4, 0.5) is 0 Å². The van der Waals surface area contributed by atoms with E-state index in [4.69, 9.17) is 4.74 Å². The third-order valence-corrected chi connectivity index (χ3v) is 4.52. The monoisotopic (exact) mass is 363 g/mol. The second kappa shape index (κ2) is 8.66. The first-order chi connectivity index (χ1) is 11.9. The lowest BCUT2D eigenvalue weighted by Crippen LogP contribution is -2.45. The summed E-state index contributed by atoms with van der Waals surface area (Å²) in [6, 6.07) is 6.42. The first kappa shape index (κ1) is 19.0. The van der Waals surface area contributed by atoms with Gasteiger partial charge in [0.1, 0.15) is 11.9 Å². The molecule has 0 fully saturated rings. The number of hydrogen-bond donors (Lipinski definition) is 2. The van der Waals surface area contributed by atoms with Gasteiger partial charge in [-0.25, -0.2) is 9.78 Å². The van der Waals surface area contributed by atoms with Gasteiger partial charge in [0.25, 0.3) is 5.56 Å². The Balaban J connectivity index is 1.93. The summed E-state index contributed by atoms with van der Waals surface area (Å²) in [6.07, 6.45) is 0. The summed E-state index contributed by atoms with van der Waals surface area (Å²) in [7, 11) is 1.29. The van der Waals surface area contributed by atoms with E-state index >= 15 is 0 Å². The van der Waals surface area contributed by atoms with Crippen molar-refractivity contribution in [1.29, 1.82) is 0 Å². The second-order valence-electron chi connectivity index (χ2n) is 5.83. The molecule has 0 saturated heterocycles. The minimum absolute atomic E-state index is 0.0695. The topological polar surface area (TPSA) is 101 Å². The Morgan fingerprint density at radius 3 is 2.72 bits per heavy atom. The number of hydrogen-bond acceptors (Lipinski definition) is 6. The highest BCUT2D eigenvalue weighted by atomic mass is 32.2. The van der Waals surface area contributed by atoms with E-state index < -0.39 is 12.0 Å². The van der Waals surface area contributed by atoms with Crippen molar-refractivity contribution in [3.63, 3.8) is 0 Å². The molecule has 134 valence electrons. The minimum atomic E-state index is -0.670. The Bertz CT molecular complexity index is 819. The van der Waals surface area contributed by atoms with Crippen molar-refractivity contribution in [2.45, 2.75) is 25.6 Å².